The molecule has 1 aromatic heterocycles. The van der Waals surface area contributed by atoms with Crippen LogP contribution in [0.3, 0.4) is 0 Å². The number of rotatable bonds is 6. The number of pyridine rings is 1. The first-order valence-corrected chi connectivity index (χ1v) is 9.20. The third-order valence-corrected chi connectivity index (χ3v) is 4.38. The van der Waals surface area contributed by atoms with Gasteiger partial charge in [0.05, 0.1) is 12.1 Å². The van der Waals surface area contributed by atoms with Crippen LogP contribution < -0.4 is 10.6 Å². The van der Waals surface area contributed by atoms with Crippen molar-refractivity contribution in [2.24, 2.45) is 5.92 Å². The van der Waals surface area contributed by atoms with Crippen molar-refractivity contribution in [3.63, 3.8) is 0 Å². The zero-order chi connectivity index (χ0) is 21.6. The highest BCUT2D eigenvalue weighted by Gasteiger charge is 2.31. The van der Waals surface area contributed by atoms with Crippen LogP contribution in [-0.2, 0) is 15.0 Å². The fourth-order valence-corrected chi connectivity index (χ4v) is 2.61. The average molecular weight is 392 g/mol. The number of carbonyl (C=O) groups is 3. The smallest absolute Gasteiger partial charge is 0.251 e. The van der Waals surface area contributed by atoms with E-state index in [1.807, 2.05) is 12.1 Å². The van der Waals surface area contributed by atoms with Gasteiger partial charge in [0.1, 0.15) is 5.82 Å². The van der Waals surface area contributed by atoms with E-state index in [9.17, 15) is 19.6 Å². The lowest BCUT2D eigenvalue weighted by Gasteiger charge is -2.19. The number of nitriles is 1. The number of hydrogen-bond donors (Lipinski definition) is 2. The third-order valence-electron chi connectivity index (χ3n) is 4.38. The Hall–Kier alpha value is -3.53. The van der Waals surface area contributed by atoms with Crippen molar-refractivity contribution in [1.82, 2.24) is 10.3 Å². The van der Waals surface area contributed by atoms with Crippen molar-refractivity contribution >= 4 is 23.4 Å². The molecule has 7 heteroatoms. The molecule has 0 radical (unpaired) electrons. The van der Waals surface area contributed by atoms with Gasteiger partial charge in [0.2, 0.25) is 0 Å². The highest BCUT2D eigenvalue weighted by molar-refractivity contribution is 6.11. The largest absolute Gasteiger partial charge is 0.342 e. The fourth-order valence-electron chi connectivity index (χ4n) is 2.61. The zero-order valence-electron chi connectivity index (χ0n) is 16.9. The van der Waals surface area contributed by atoms with Gasteiger partial charge in [-0.05, 0) is 42.2 Å². The molecule has 1 aromatic carbocycles. The molecule has 2 amide bonds. The summed E-state index contributed by atoms with van der Waals surface area (Å²) in [7, 11) is 0. The zero-order valence-corrected chi connectivity index (χ0v) is 16.9. The first kappa shape index (κ1) is 21.8. The van der Waals surface area contributed by atoms with E-state index in [4.69, 9.17) is 0 Å². The molecular weight excluding hydrogens is 368 g/mol. The number of amides is 2. The summed E-state index contributed by atoms with van der Waals surface area (Å²) >= 11 is 0. The van der Waals surface area contributed by atoms with E-state index in [1.165, 1.54) is 13.1 Å². The van der Waals surface area contributed by atoms with Crippen LogP contribution in [0.2, 0.25) is 0 Å². The van der Waals surface area contributed by atoms with Crippen LogP contribution in [0, 0.1) is 17.2 Å². The Morgan fingerprint density at radius 2 is 1.72 bits per heavy atom. The van der Waals surface area contributed by atoms with E-state index in [-0.39, 0.29) is 11.2 Å². The molecule has 0 aliphatic heterocycles. The number of carbonyl (C=O) groups excluding carboxylic acids is 3. The van der Waals surface area contributed by atoms with E-state index in [2.05, 4.69) is 36.4 Å². The van der Waals surface area contributed by atoms with Gasteiger partial charge < -0.3 is 10.6 Å². The van der Waals surface area contributed by atoms with Gasteiger partial charge in [-0.25, -0.2) is 4.98 Å². The van der Waals surface area contributed by atoms with Gasteiger partial charge in [-0.15, -0.1) is 0 Å². The minimum absolute atomic E-state index is 0.0424. The molecular formula is C22H24N4O3. The molecule has 0 aliphatic carbocycles. The van der Waals surface area contributed by atoms with Gasteiger partial charge in [-0.3, -0.25) is 14.4 Å². The molecule has 0 saturated heterocycles. The van der Waals surface area contributed by atoms with Gasteiger partial charge in [0.15, 0.2) is 11.7 Å². The standard InChI is InChI=1S/C22H24N4O3/c1-14(25-20(28)15-8-10-16(11-9-15)22(2,3)4)19(27)17(13-23)21(29)26-18-7-5-6-12-24-18/h5-12,14,17H,1-4H3,(H,25,28)(H,24,26,29)/t14-,17-/m1/s1. The lowest BCUT2D eigenvalue weighted by molar-refractivity contribution is -0.129. The first-order valence-electron chi connectivity index (χ1n) is 9.20. The first-order chi connectivity index (χ1) is 13.6. The Balaban J connectivity index is 2.03. The van der Waals surface area contributed by atoms with Crippen LogP contribution in [0.15, 0.2) is 48.7 Å². The highest BCUT2D eigenvalue weighted by atomic mass is 16.2. The highest BCUT2D eigenvalue weighted by Crippen LogP contribution is 2.22. The lowest BCUT2D eigenvalue weighted by atomic mass is 9.86. The second-order valence-corrected chi connectivity index (χ2v) is 7.69. The summed E-state index contributed by atoms with van der Waals surface area (Å²) in [5, 5.41) is 14.3. The fraction of sp³-hybridized carbons (Fsp3) is 0.318. The van der Waals surface area contributed by atoms with E-state index < -0.39 is 29.6 Å². The number of nitrogens with one attached hydrogen (secondary N) is 2. The summed E-state index contributed by atoms with van der Waals surface area (Å²) in [6.07, 6.45) is 1.48. The number of ketones is 1. The van der Waals surface area contributed by atoms with Crippen LogP contribution in [-0.4, -0.2) is 28.6 Å². The molecule has 29 heavy (non-hydrogen) atoms. The molecule has 2 rings (SSSR count). The topological polar surface area (TPSA) is 112 Å². The number of benzene rings is 1. The van der Waals surface area contributed by atoms with Crippen LogP contribution >= 0.6 is 0 Å². The maximum atomic E-state index is 12.5. The molecule has 0 fully saturated rings. The molecule has 2 aromatic rings. The van der Waals surface area contributed by atoms with E-state index in [0.29, 0.717) is 5.56 Å². The SMILES string of the molecule is C[C@@H](NC(=O)c1ccc(C(C)(C)C)cc1)C(=O)[C@@H](C#N)C(=O)Nc1ccccn1. The molecule has 150 valence electrons. The van der Waals surface area contributed by atoms with Crippen molar-refractivity contribution in [1.29, 1.82) is 5.26 Å². The van der Waals surface area contributed by atoms with Crippen LogP contribution in [0.25, 0.3) is 0 Å². The van der Waals surface area contributed by atoms with Crippen molar-refractivity contribution in [2.45, 2.75) is 39.2 Å². The van der Waals surface area contributed by atoms with Gasteiger partial charge in [-0.2, -0.15) is 5.26 Å². The van der Waals surface area contributed by atoms with E-state index in [1.54, 1.807) is 36.4 Å². The predicted octanol–water partition coefficient (Wildman–Crippen LogP) is 2.84. The summed E-state index contributed by atoms with van der Waals surface area (Å²) in [5.74, 6) is -3.25. The summed E-state index contributed by atoms with van der Waals surface area (Å²) in [4.78, 5) is 41.2. The third kappa shape index (κ3) is 5.72. The maximum absolute atomic E-state index is 12.5. The van der Waals surface area contributed by atoms with Crippen molar-refractivity contribution in [3.8, 4) is 6.07 Å². The van der Waals surface area contributed by atoms with Crippen LogP contribution in [0.5, 0.6) is 0 Å². The minimum Gasteiger partial charge on any atom is -0.342 e. The molecule has 0 bridgehead atoms. The quantitative estimate of drug-likeness (QED) is 0.734. The maximum Gasteiger partial charge on any atom is 0.251 e. The Bertz CT molecular complexity index is 925. The average Bonchev–Trinajstić information content (AvgIpc) is 2.68. The minimum atomic E-state index is -1.56. The molecule has 7 nitrogen and oxygen atoms in total. The van der Waals surface area contributed by atoms with Gasteiger partial charge in [0.25, 0.3) is 11.8 Å². The summed E-state index contributed by atoms with van der Waals surface area (Å²) in [5.41, 5.74) is 1.43. The predicted molar refractivity (Wildman–Crippen MR) is 109 cm³/mol. The normalized spacial score (nSPS) is 12.9. The number of anilines is 1. The lowest BCUT2D eigenvalue weighted by Crippen LogP contribution is -2.44. The molecule has 1 heterocycles. The Labute approximate surface area is 170 Å². The van der Waals surface area contributed by atoms with Gasteiger partial charge in [-0.1, -0.05) is 39.0 Å². The Morgan fingerprint density at radius 1 is 1.07 bits per heavy atom. The van der Waals surface area contributed by atoms with Crippen molar-refractivity contribution < 1.29 is 14.4 Å². The van der Waals surface area contributed by atoms with Crippen molar-refractivity contribution in [2.75, 3.05) is 5.32 Å². The number of Topliss-reactive ketones (excluding diaryl/α,β-unsaturated/α-hetero) is 1. The second-order valence-electron chi connectivity index (χ2n) is 7.69. The van der Waals surface area contributed by atoms with Crippen LogP contribution in [0.4, 0.5) is 5.82 Å². The van der Waals surface area contributed by atoms with Gasteiger partial charge in [0, 0.05) is 11.8 Å². The summed E-state index contributed by atoms with van der Waals surface area (Å²) in [6.45, 7) is 7.66. The molecule has 0 saturated carbocycles. The van der Waals surface area contributed by atoms with Crippen molar-refractivity contribution in [3.05, 3.63) is 59.8 Å². The molecule has 0 spiro atoms. The molecule has 0 unspecified atom stereocenters. The number of nitrogens with zero attached hydrogens (tertiary/aromatic N) is 2. The second kappa shape index (κ2) is 9.11. The monoisotopic (exact) mass is 392 g/mol. The number of hydrogen-bond acceptors (Lipinski definition) is 5. The Morgan fingerprint density at radius 3 is 2.24 bits per heavy atom. The Kier molecular flexibility index (Phi) is 6.84. The molecule has 2 N–H and O–H groups in total. The van der Waals surface area contributed by atoms with Gasteiger partial charge >= 0.3 is 0 Å². The van der Waals surface area contributed by atoms with Crippen LogP contribution in [0.1, 0.15) is 43.6 Å². The number of aromatic nitrogens is 1. The summed E-state index contributed by atoms with van der Waals surface area (Å²) in [6, 6.07) is 12.7. The molecule has 2 atom stereocenters. The molecule has 0 aliphatic rings. The van der Waals surface area contributed by atoms with E-state index >= 15 is 0 Å². The summed E-state index contributed by atoms with van der Waals surface area (Å²) < 4.78 is 0. The van der Waals surface area contributed by atoms with E-state index in [0.717, 1.165) is 5.56 Å².